The van der Waals surface area contributed by atoms with E-state index in [4.69, 9.17) is 11.5 Å². The van der Waals surface area contributed by atoms with Crippen molar-refractivity contribution in [1.29, 1.82) is 0 Å². The Balaban J connectivity index is 2.65. The summed E-state index contributed by atoms with van der Waals surface area (Å²) >= 11 is 1.69. The van der Waals surface area contributed by atoms with E-state index < -0.39 is 0 Å². The Morgan fingerprint density at radius 1 is 1.31 bits per heavy atom. The lowest BCUT2D eigenvalue weighted by Crippen LogP contribution is -2.18. The molecule has 0 fully saturated rings. The van der Waals surface area contributed by atoms with Crippen LogP contribution in [0, 0.1) is 0 Å². The van der Waals surface area contributed by atoms with Gasteiger partial charge in [0.25, 0.3) is 0 Å². The fourth-order valence-corrected chi connectivity index (χ4v) is 1.83. The molecule has 0 spiro atoms. The summed E-state index contributed by atoms with van der Waals surface area (Å²) in [4.78, 5) is 14.2. The van der Waals surface area contributed by atoms with Crippen LogP contribution in [0.5, 0.6) is 0 Å². The Morgan fingerprint density at radius 2 is 2.00 bits per heavy atom. The predicted molar refractivity (Wildman–Crippen MR) is 68.4 cm³/mol. The SMILES string of the molecule is CC(N)CSCc1nc(N)nc(N(C)C)n1. The largest absolute Gasteiger partial charge is 0.368 e. The van der Waals surface area contributed by atoms with E-state index in [0.717, 1.165) is 5.75 Å². The van der Waals surface area contributed by atoms with Crippen molar-refractivity contribution in [3.63, 3.8) is 0 Å². The Hall–Kier alpha value is -1.08. The predicted octanol–water partition coefficient (Wildman–Crippen LogP) is 0.100. The summed E-state index contributed by atoms with van der Waals surface area (Å²) in [6.07, 6.45) is 0. The molecule has 1 rings (SSSR count). The van der Waals surface area contributed by atoms with Gasteiger partial charge in [-0.2, -0.15) is 26.7 Å². The van der Waals surface area contributed by atoms with E-state index in [1.165, 1.54) is 0 Å². The van der Waals surface area contributed by atoms with Gasteiger partial charge >= 0.3 is 0 Å². The Kier molecular flexibility index (Phi) is 4.75. The van der Waals surface area contributed by atoms with Gasteiger partial charge in [0.05, 0.1) is 5.75 Å². The van der Waals surface area contributed by atoms with Gasteiger partial charge in [0.15, 0.2) is 0 Å². The minimum Gasteiger partial charge on any atom is -0.368 e. The lowest BCUT2D eigenvalue weighted by molar-refractivity contribution is 0.845. The van der Waals surface area contributed by atoms with Gasteiger partial charge in [0.2, 0.25) is 11.9 Å². The summed E-state index contributed by atoms with van der Waals surface area (Å²) in [7, 11) is 3.74. The number of hydrogen-bond acceptors (Lipinski definition) is 7. The van der Waals surface area contributed by atoms with Crippen LogP contribution in [0.3, 0.4) is 0 Å². The van der Waals surface area contributed by atoms with Crippen molar-refractivity contribution in [2.45, 2.75) is 18.7 Å². The molecular weight excluding hydrogens is 224 g/mol. The first kappa shape index (κ1) is 13.0. The van der Waals surface area contributed by atoms with Crippen molar-refractivity contribution in [3.05, 3.63) is 5.82 Å². The molecule has 0 radical (unpaired) electrons. The van der Waals surface area contributed by atoms with Crippen molar-refractivity contribution >= 4 is 23.7 Å². The molecular formula is C9H18N6S. The average Bonchev–Trinajstić information content (AvgIpc) is 2.16. The van der Waals surface area contributed by atoms with Crippen molar-refractivity contribution < 1.29 is 0 Å². The normalized spacial score (nSPS) is 12.5. The number of nitrogens with two attached hydrogens (primary N) is 2. The Labute approximate surface area is 99.8 Å². The van der Waals surface area contributed by atoms with Gasteiger partial charge in [-0.15, -0.1) is 0 Å². The second kappa shape index (κ2) is 5.86. The van der Waals surface area contributed by atoms with E-state index in [1.54, 1.807) is 16.7 Å². The molecule has 90 valence electrons. The van der Waals surface area contributed by atoms with Gasteiger partial charge in [-0.3, -0.25) is 0 Å². The highest BCUT2D eigenvalue weighted by atomic mass is 32.2. The first-order valence-electron chi connectivity index (χ1n) is 5.00. The van der Waals surface area contributed by atoms with Gasteiger partial charge in [0, 0.05) is 25.9 Å². The molecule has 16 heavy (non-hydrogen) atoms. The van der Waals surface area contributed by atoms with Crippen LogP contribution in [-0.4, -0.2) is 40.8 Å². The summed E-state index contributed by atoms with van der Waals surface area (Å²) < 4.78 is 0. The zero-order chi connectivity index (χ0) is 12.1. The van der Waals surface area contributed by atoms with Crippen LogP contribution in [0.1, 0.15) is 12.7 Å². The van der Waals surface area contributed by atoms with Gasteiger partial charge in [0.1, 0.15) is 5.82 Å². The van der Waals surface area contributed by atoms with Crippen LogP contribution in [0.2, 0.25) is 0 Å². The third kappa shape index (κ3) is 4.19. The van der Waals surface area contributed by atoms with Crippen LogP contribution >= 0.6 is 11.8 Å². The second-order valence-electron chi connectivity index (χ2n) is 3.80. The zero-order valence-corrected chi connectivity index (χ0v) is 10.7. The molecule has 4 N–H and O–H groups in total. The molecule has 0 saturated heterocycles. The number of thioether (sulfide) groups is 1. The zero-order valence-electron chi connectivity index (χ0n) is 9.84. The molecule has 1 aromatic rings. The highest BCUT2D eigenvalue weighted by molar-refractivity contribution is 7.98. The van der Waals surface area contributed by atoms with Crippen LogP contribution in [-0.2, 0) is 5.75 Å². The molecule has 1 atom stereocenters. The summed E-state index contributed by atoms with van der Waals surface area (Å²) in [6, 6.07) is 0.178. The van der Waals surface area contributed by atoms with Gasteiger partial charge in [-0.1, -0.05) is 0 Å². The maximum atomic E-state index is 5.66. The van der Waals surface area contributed by atoms with Gasteiger partial charge < -0.3 is 16.4 Å². The van der Waals surface area contributed by atoms with E-state index in [-0.39, 0.29) is 12.0 Å². The monoisotopic (exact) mass is 242 g/mol. The first-order valence-corrected chi connectivity index (χ1v) is 6.15. The van der Waals surface area contributed by atoms with E-state index in [1.807, 2.05) is 21.0 Å². The van der Waals surface area contributed by atoms with Gasteiger partial charge in [-0.25, -0.2) is 0 Å². The van der Waals surface area contributed by atoms with Gasteiger partial charge in [-0.05, 0) is 6.92 Å². The maximum absolute atomic E-state index is 5.66. The highest BCUT2D eigenvalue weighted by Gasteiger charge is 2.06. The number of hydrogen-bond donors (Lipinski definition) is 2. The van der Waals surface area contributed by atoms with Crippen LogP contribution in [0.4, 0.5) is 11.9 Å². The maximum Gasteiger partial charge on any atom is 0.229 e. The Morgan fingerprint density at radius 3 is 2.56 bits per heavy atom. The molecule has 0 aromatic carbocycles. The molecule has 0 bridgehead atoms. The third-order valence-corrected chi connectivity index (χ3v) is 2.92. The number of nitrogens with zero attached hydrogens (tertiary/aromatic N) is 4. The fourth-order valence-electron chi connectivity index (χ4n) is 1.03. The minimum atomic E-state index is 0.178. The van der Waals surface area contributed by atoms with Crippen LogP contribution < -0.4 is 16.4 Å². The molecule has 0 amide bonds. The molecule has 6 nitrogen and oxygen atoms in total. The molecule has 7 heteroatoms. The standard InChI is InChI=1S/C9H18N6S/c1-6(10)4-16-5-7-12-8(11)14-9(13-7)15(2)3/h6H,4-5,10H2,1-3H3,(H2,11,12,13,14). The molecule has 1 aromatic heterocycles. The lowest BCUT2D eigenvalue weighted by Gasteiger charge is -2.11. The molecule has 0 aliphatic heterocycles. The van der Waals surface area contributed by atoms with Crippen LogP contribution in [0.25, 0.3) is 0 Å². The fraction of sp³-hybridized carbons (Fsp3) is 0.667. The molecule has 1 heterocycles. The molecule has 0 saturated carbocycles. The summed E-state index contributed by atoms with van der Waals surface area (Å²) in [5.74, 6) is 3.12. The quantitative estimate of drug-likeness (QED) is 0.756. The van der Waals surface area contributed by atoms with E-state index in [2.05, 4.69) is 15.0 Å². The second-order valence-corrected chi connectivity index (χ2v) is 4.83. The summed E-state index contributed by atoms with van der Waals surface area (Å²) in [6.45, 7) is 1.97. The van der Waals surface area contributed by atoms with Crippen LogP contribution in [0.15, 0.2) is 0 Å². The number of aromatic nitrogens is 3. The van der Waals surface area contributed by atoms with E-state index in [0.29, 0.717) is 17.5 Å². The van der Waals surface area contributed by atoms with E-state index in [9.17, 15) is 0 Å². The molecule has 0 aliphatic carbocycles. The highest BCUT2D eigenvalue weighted by Crippen LogP contribution is 2.12. The molecule has 0 aliphatic rings. The first-order chi connectivity index (χ1) is 7.49. The van der Waals surface area contributed by atoms with Crippen molar-refractivity contribution in [2.75, 3.05) is 30.5 Å². The number of rotatable bonds is 5. The summed E-state index contributed by atoms with van der Waals surface area (Å²) in [5, 5.41) is 0. The summed E-state index contributed by atoms with van der Waals surface area (Å²) in [5.41, 5.74) is 11.3. The van der Waals surface area contributed by atoms with Crippen molar-refractivity contribution in [1.82, 2.24) is 15.0 Å². The smallest absolute Gasteiger partial charge is 0.229 e. The number of nitrogen functional groups attached to an aromatic ring is 1. The lowest BCUT2D eigenvalue weighted by atomic mass is 10.4. The molecule has 1 unspecified atom stereocenters. The third-order valence-electron chi connectivity index (χ3n) is 1.70. The minimum absolute atomic E-state index is 0.178. The van der Waals surface area contributed by atoms with Crippen molar-refractivity contribution in [3.8, 4) is 0 Å². The topological polar surface area (TPSA) is 93.9 Å². The van der Waals surface area contributed by atoms with Crippen molar-refractivity contribution in [2.24, 2.45) is 5.73 Å². The number of anilines is 2. The van der Waals surface area contributed by atoms with E-state index >= 15 is 0 Å². The average molecular weight is 242 g/mol. The Bertz CT molecular complexity index is 341.